The standard InChI is InChI=1S/C11H13N3/c1-8-2-3-10-11(4-8)14(7-13-10)9-5-12-6-9/h2-4,7,9,12H,5-6H2,1H3. The maximum absolute atomic E-state index is 4.40. The molecule has 0 bridgehead atoms. The molecule has 14 heavy (non-hydrogen) atoms. The lowest BCUT2D eigenvalue weighted by Gasteiger charge is -2.28. The van der Waals surface area contributed by atoms with Crippen LogP contribution >= 0.6 is 0 Å². The molecule has 0 spiro atoms. The van der Waals surface area contributed by atoms with Crippen molar-refractivity contribution in [1.82, 2.24) is 14.9 Å². The number of rotatable bonds is 1. The summed E-state index contributed by atoms with van der Waals surface area (Å²) in [6.45, 7) is 4.26. The van der Waals surface area contributed by atoms with E-state index in [2.05, 4.69) is 40.0 Å². The van der Waals surface area contributed by atoms with Crippen LogP contribution in [0.2, 0.25) is 0 Å². The molecule has 2 aromatic rings. The Labute approximate surface area is 82.8 Å². The fourth-order valence-corrected chi connectivity index (χ4v) is 1.90. The first kappa shape index (κ1) is 8.00. The number of fused-ring (bicyclic) bond motifs is 1. The summed E-state index contributed by atoms with van der Waals surface area (Å²) in [7, 11) is 0. The molecule has 2 heterocycles. The van der Waals surface area contributed by atoms with Crippen LogP contribution in [0.1, 0.15) is 11.6 Å². The van der Waals surface area contributed by atoms with Crippen molar-refractivity contribution in [2.24, 2.45) is 0 Å². The molecule has 1 aromatic heterocycles. The molecule has 1 fully saturated rings. The Bertz CT molecular complexity index is 468. The molecule has 3 rings (SSSR count). The molecule has 1 saturated heterocycles. The minimum atomic E-state index is 0.599. The molecule has 0 aliphatic carbocycles. The molecule has 0 atom stereocenters. The second-order valence-electron chi connectivity index (χ2n) is 3.96. The number of nitrogens with zero attached hydrogens (tertiary/aromatic N) is 2. The molecule has 0 saturated carbocycles. The van der Waals surface area contributed by atoms with Crippen LogP contribution in [0.15, 0.2) is 24.5 Å². The van der Waals surface area contributed by atoms with Crippen LogP contribution in [0.4, 0.5) is 0 Å². The first-order chi connectivity index (χ1) is 6.84. The highest BCUT2D eigenvalue weighted by molar-refractivity contribution is 5.76. The van der Waals surface area contributed by atoms with Gasteiger partial charge in [-0.1, -0.05) is 6.07 Å². The third-order valence-electron chi connectivity index (χ3n) is 2.88. The van der Waals surface area contributed by atoms with Gasteiger partial charge in [-0.05, 0) is 24.6 Å². The van der Waals surface area contributed by atoms with Crippen molar-refractivity contribution >= 4 is 11.0 Å². The Morgan fingerprint density at radius 1 is 1.43 bits per heavy atom. The fourth-order valence-electron chi connectivity index (χ4n) is 1.90. The van der Waals surface area contributed by atoms with E-state index in [0.717, 1.165) is 18.6 Å². The van der Waals surface area contributed by atoms with E-state index in [-0.39, 0.29) is 0 Å². The predicted molar refractivity (Wildman–Crippen MR) is 56.4 cm³/mol. The van der Waals surface area contributed by atoms with E-state index in [4.69, 9.17) is 0 Å². The van der Waals surface area contributed by atoms with E-state index < -0.39 is 0 Å². The zero-order valence-corrected chi connectivity index (χ0v) is 8.20. The van der Waals surface area contributed by atoms with E-state index in [0.29, 0.717) is 6.04 Å². The largest absolute Gasteiger partial charge is 0.325 e. The molecule has 72 valence electrons. The molecular weight excluding hydrogens is 174 g/mol. The average Bonchev–Trinajstić information content (AvgIpc) is 2.46. The molecule has 0 radical (unpaired) electrons. The van der Waals surface area contributed by atoms with Gasteiger partial charge >= 0.3 is 0 Å². The van der Waals surface area contributed by atoms with Crippen LogP contribution in [0.5, 0.6) is 0 Å². The van der Waals surface area contributed by atoms with Crippen LogP contribution < -0.4 is 5.32 Å². The topological polar surface area (TPSA) is 29.9 Å². The number of hydrogen-bond acceptors (Lipinski definition) is 2. The van der Waals surface area contributed by atoms with E-state index in [1.807, 2.05) is 6.33 Å². The number of benzene rings is 1. The van der Waals surface area contributed by atoms with Gasteiger partial charge in [0.1, 0.15) is 0 Å². The van der Waals surface area contributed by atoms with Gasteiger partial charge in [-0.2, -0.15) is 0 Å². The van der Waals surface area contributed by atoms with Crippen LogP contribution in [0.3, 0.4) is 0 Å². The first-order valence-corrected chi connectivity index (χ1v) is 4.98. The quantitative estimate of drug-likeness (QED) is 0.733. The summed E-state index contributed by atoms with van der Waals surface area (Å²) >= 11 is 0. The van der Waals surface area contributed by atoms with Crippen molar-refractivity contribution in [2.75, 3.05) is 13.1 Å². The molecule has 0 unspecified atom stereocenters. The predicted octanol–water partition coefficient (Wildman–Crippen LogP) is 1.49. The van der Waals surface area contributed by atoms with Crippen LogP contribution in [-0.4, -0.2) is 22.6 Å². The monoisotopic (exact) mass is 187 g/mol. The summed E-state index contributed by atoms with van der Waals surface area (Å²) in [6.07, 6.45) is 1.95. The number of hydrogen-bond donors (Lipinski definition) is 1. The second kappa shape index (κ2) is 2.82. The number of aryl methyl sites for hydroxylation is 1. The Kier molecular flexibility index (Phi) is 1.61. The van der Waals surface area contributed by atoms with Gasteiger partial charge in [-0.3, -0.25) is 0 Å². The highest BCUT2D eigenvalue weighted by Crippen LogP contribution is 2.20. The van der Waals surface area contributed by atoms with Gasteiger partial charge in [-0.15, -0.1) is 0 Å². The zero-order chi connectivity index (χ0) is 9.54. The second-order valence-corrected chi connectivity index (χ2v) is 3.96. The van der Waals surface area contributed by atoms with Crippen LogP contribution in [0, 0.1) is 6.92 Å². The van der Waals surface area contributed by atoms with E-state index >= 15 is 0 Å². The van der Waals surface area contributed by atoms with Gasteiger partial charge in [0.15, 0.2) is 0 Å². The molecule has 3 nitrogen and oxygen atoms in total. The van der Waals surface area contributed by atoms with Gasteiger partial charge in [0.25, 0.3) is 0 Å². The number of imidazole rings is 1. The van der Waals surface area contributed by atoms with Gasteiger partial charge < -0.3 is 9.88 Å². The van der Waals surface area contributed by atoms with Crippen molar-refractivity contribution in [3.63, 3.8) is 0 Å². The number of aromatic nitrogens is 2. The number of nitrogens with one attached hydrogen (secondary N) is 1. The summed E-state index contributed by atoms with van der Waals surface area (Å²) in [5.41, 5.74) is 3.66. The first-order valence-electron chi connectivity index (χ1n) is 4.98. The minimum Gasteiger partial charge on any atom is -0.325 e. The lowest BCUT2D eigenvalue weighted by molar-refractivity contribution is 0.350. The fraction of sp³-hybridized carbons (Fsp3) is 0.364. The van der Waals surface area contributed by atoms with Crippen molar-refractivity contribution in [2.45, 2.75) is 13.0 Å². The van der Waals surface area contributed by atoms with Gasteiger partial charge in [0.2, 0.25) is 0 Å². The summed E-state index contributed by atoms with van der Waals surface area (Å²) < 4.78 is 2.28. The smallest absolute Gasteiger partial charge is 0.0961 e. The summed E-state index contributed by atoms with van der Waals surface area (Å²) in [5.74, 6) is 0. The van der Waals surface area contributed by atoms with Crippen LogP contribution in [0.25, 0.3) is 11.0 Å². The molecule has 0 amide bonds. The summed E-state index contributed by atoms with van der Waals surface area (Å²) in [5, 5.41) is 3.28. The Hall–Kier alpha value is -1.35. The molecule has 1 aliphatic rings. The maximum Gasteiger partial charge on any atom is 0.0961 e. The SMILES string of the molecule is Cc1ccc2ncn(C3CNC3)c2c1. The highest BCUT2D eigenvalue weighted by Gasteiger charge is 2.19. The Morgan fingerprint density at radius 3 is 3.00 bits per heavy atom. The van der Waals surface area contributed by atoms with Gasteiger partial charge in [0, 0.05) is 13.1 Å². The Balaban J connectivity index is 2.18. The van der Waals surface area contributed by atoms with Gasteiger partial charge in [-0.25, -0.2) is 4.98 Å². The molecular formula is C11H13N3. The third kappa shape index (κ3) is 1.06. The summed E-state index contributed by atoms with van der Waals surface area (Å²) in [4.78, 5) is 4.40. The lowest BCUT2D eigenvalue weighted by atomic mass is 10.1. The molecule has 1 aromatic carbocycles. The maximum atomic E-state index is 4.40. The van der Waals surface area contributed by atoms with Crippen molar-refractivity contribution < 1.29 is 0 Å². The Morgan fingerprint density at radius 2 is 2.29 bits per heavy atom. The van der Waals surface area contributed by atoms with E-state index in [9.17, 15) is 0 Å². The third-order valence-corrected chi connectivity index (χ3v) is 2.88. The lowest BCUT2D eigenvalue weighted by Crippen LogP contribution is -2.43. The molecule has 1 aliphatic heterocycles. The van der Waals surface area contributed by atoms with Crippen LogP contribution in [-0.2, 0) is 0 Å². The van der Waals surface area contributed by atoms with Crippen molar-refractivity contribution in [3.05, 3.63) is 30.1 Å². The molecule has 3 heteroatoms. The zero-order valence-electron chi connectivity index (χ0n) is 8.20. The normalized spacial score (nSPS) is 17.2. The van der Waals surface area contributed by atoms with Gasteiger partial charge in [0.05, 0.1) is 23.4 Å². The van der Waals surface area contributed by atoms with E-state index in [1.165, 1.54) is 11.1 Å². The highest BCUT2D eigenvalue weighted by atomic mass is 15.2. The minimum absolute atomic E-state index is 0.599. The summed E-state index contributed by atoms with van der Waals surface area (Å²) in [6, 6.07) is 7.01. The van der Waals surface area contributed by atoms with Crippen molar-refractivity contribution in [1.29, 1.82) is 0 Å². The van der Waals surface area contributed by atoms with Crippen molar-refractivity contribution in [3.8, 4) is 0 Å². The van der Waals surface area contributed by atoms with E-state index in [1.54, 1.807) is 0 Å². The molecule has 1 N–H and O–H groups in total. The average molecular weight is 187 g/mol.